The summed E-state index contributed by atoms with van der Waals surface area (Å²) in [5, 5.41) is 0. The van der Waals surface area contributed by atoms with Crippen LogP contribution in [-0.2, 0) is 9.53 Å². The van der Waals surface area contributed by atoms with Gasteiger partial charge in [0.15, 0.2) is 6.17 Å². The standard InChI is InChI=1S/C6H11FO2.ClH/c1-3-4-5(7)6(8)9-2;/h5H,3-4H2,1-2H3;1H. The Kier molecular flexibility index (Phi) is 8.42. The predicted molar refractivity (Wildman–Crippen MR) is 39.1 cm³/mol. The van der Waals surface area contributed by atoms with Crippen molar-refractivity contribution in [2.45, 2.75) is 25.9 Å². The molecule has 0 fully saturated rings. The molecule has 10 heavy (non-hydrogen) atoms. The topological polar surface area (TPSA) is 26.3 Å². The van der Waals surface area contributed by atoms with E-state index in [4.69, 9.17) is 0 Å². The van der Waals surface area contributed by atoms with Crippen molar-refractivity contribution in [3.63, 3.8) is 0 Å². The molecule has 0 heterocycles. The van der Waals surface area contributed by atoms with E-state index in [2.05, 4.69) is 4.74 Å². The predicted octanol–water partition coefficient (Wildman–Crippen LogP) is 1.72. The molecule has 0 aromatic rings. The molecule has 0 saturated carbocycles. The molecule has 0 amide bonds. The van der Waals surface area contributed by atoms with Gasteiger partial charge in [-0.25, -0.2) is 9.18 Å². The van der Waals surface area contributed by atoms with Crippen molar-refractivity contribution in [1.82, 2.24) is 0 Å². The molecule has 0 aromatic heterocycles. The van der Waals surface area contributed by atoms with Crippen LogP contribution in [0, 0.1) is 0 Å². The fraction of sp³-hybridized carbons (Fsp3) is 0.833. The molecule has 4 heteroatoms. The monoisotopic (exact) mass is 170 g/mol. The van der Waals surface area contributed by atoms with Crippen molar-refractivity contribution in [2.24, 2.45) is 0 Å². The fourth-order valence-corrected chi connectivity index (χ4v) is 0.499. The van der Waals surface area contributed by atoms with Crippen molar-refractivity contribution in [2.75, 3.05) is 7.11 Å². The lowest BCUT2D eigenvalue weighted by Crippen LogP contribution is -2.16. The highest BCUT2D eigenvalue weighted by atomic mass is 35.5. The van der Waals surface area contributed by atoms with Crippen LogP contribution in [0.3, 0.4) is 0 Å². The van der Waals surface area contributed by atoms with Crippen LogP contribution in [0.15, 0.2) is 0 Å². The molecular formula is C6H12ClFO2. The number of rotatable bonds is 3. The van der Waals surface area contributed by atoms with Gasteiger partial charge in [-0.05, 0) is 6.42 Å². The number of methoxy groups -OCH3 is 1. The third-order valence-corrected chi connectivity index (χ3v) is 0.999. The smallest absolute Gasteiger partial charge is 0.340 e. The summed E-state index contributed by atoms with van der Waals surface area (Å²) in [5.41, 5.74) is 0. The average Bonchev–Trinajstić information content (AvgIpc) is 1.87. The molecule has 0 N–H and O–H groups in total. The Labute approximate surface area is 66.2 Å². The normalized spacial score (nSPS) is 11.5. The quantitative estimate of drug-likeness (QED) is 0.603. The van der Waals surface area contributed by atoms with Crippen LogP contribution in [0.4, 0.5) is 4.39 Å². The summed E-state index contributed by atoms with van der Waals surface area (Å²) in [6.45, 7) is 1.82. The van der Waals surface area contributed by atoms with Crippen molar-refractivity contribution in [3.8, 4) is 0 Å². The Balaban J connectivity index is 0. The van der Waals surface area contributed by atoms with Gasteiger partial charge in [0.25, 0.3) is 0 Å². The maximum absolute atomic E-state index is 12.3. The third-order valence-electron chi connectivity index (χ3n) is 0.999. The Morgan fingerprint density at radius 2 is 2.20 bits per heavy atom. The van der Waals surface area contributed by atoms with E-state index in [-0.39, 0.29) is 18.8 Å². The van der Waals surface area contributed by atoms with E-state index in [9.17, 15) is 9.18 Å². The number of alkyl halides is 1. The lowest BCUT2D eigenvalue weighted by Gasteiger charge is -2.01. The van der Waals surface area contributed by atoms with Crippen molar-refractivity contribution in [1.29, 1.82) is 0 Å². The lowest BCUT2D eigenvalue weighted by atomic mass is 10.2. The van der Waals surface area contributed by atoms with Crippen molar-refractivity contribution >= 4 is 18.4 Å². The molecular weight excluding hydrogens is 159 g/mol. The van der Waals surface area contributed by atoms with Crippen molar-refractivity contribution in [3.05, 3.63) is 0 Å². The van der Waals surface area contributed by atoms with Crippen LogP contribution in [0.5, 0.6) is 0 Å². The number of halogens is 2. The van der Waals surface area contributed by atoms with Gasteiger partial charge in [-0.1, -0.05) is 13.3 Å². The second kappa shape index (κ2) is 6.81. The summed E-state index contributed by atoms with van der Waals surface area (Å²) in [6.07, 6.45) is -0.511. The number of hydrogen-bond acceptors (Lipinski definition) is 2. The summed E-state index contributed by atoms with van der Waals surface area (Å²) in [4.78, 5) is 10.3. The number of carbonyl (C=O) groups excluding carboxylic acids is 1. The summed E-state index contributed by atoms with van der Waals surface area (Å²) < 4.78 is 16.5. The highest BCUT2D eigenvalue weighted by Gasteiger charge is 2.15. The molecule has 0 rings (SSSR count). The minimum atomic E-state index is -1.43. The van der Waals surface area contributed by atoms with Crippen LogP contribution in [0.25, 0.3) is 0 Å². The molecule has 0 aliphatic carbocycles. The molecule has 1 unspecified atom stereocenters. The second-order valence-corrected chi connectivity index (χ2v) is 1.78. The molecule has 1 atom stereocenters. The number of esters is 1. The number of ether oxygens (including phenoxy) is 1. The Bertz CT molecular complexity index is 97.7. The van der Waals surface area contributed by atoms with Crippen LogP contribution in [-0.4, -0.2) is 19.3 Å². The van der Waals surface area contributed by atoms with E-state index in [1.807, 2.05) is 6.92 Å². The van der Waals surface area contributed by atoms with E-state index in [0.29, 0.717) is 6.42 Å². The Hall–Kier alpha value is -0.310. The van der Waals surface area contributed by atoms with Crippen molar-refractivity contribution < 1.29 is 13.9 Å². The first-order chi connectivity index (χ1) is 4.22. The van der Waals surface area contributed by atoms with Gasteiger partial charge in [0.1, 0.15) is 0 Å². The van der Waals surface area contributed by atoms with Gasteiger partial charge in [-0.15, -0.1) is 12.4 Å². The molecule has 0 aliphatic heterocycles. The molecule has 0 aliphatic rings. The molecule has 2 nitrogen and oxygen atoms in total. The van der Waals surface area contributed by atoms with Gasteiger partial charge < -0.3 is 4.74 Å². The number of carbonyl (C=O) groups is 1. The summed E-state index contributed by atoms with van der Waals surface area (Å²) in [7, 11) is 1.19. The van der Waals surface area contributed by atoms with E-state index in [1.54, 1.807) is 0 Å². The maximum atomic E-state index is 12.3. The Morgan fingerprint density at radius 1 is 1.70 bits per heavy atom. The fourth-order valence-electron chi connectivity index (χ4n) is 0.499. The van der Waals surface area contributed by atoms with Gasteiger partial charge in [-0.2, -0.15) is 0 Å². The van der Waals surface area contributed by atoms with E-state index < -0.39 is 12.1 Å². The Morgan fingerprint density at radius 3 is 2.50 bits per heavy atom. The highest BCUT2D eigenvalue weighted by Crippen LogP contribution is 2.02. The van der Waals surface area contributed by atoms with Crippen LogP contribution in [0.1, 0.15) is 19.8 Å². The lowest BCUT2D eigenvalue weighted by molar-refractivity contribution is -0.146. The molecule has 0 saturated heterocycles. The van der Waals surface area contributed by atoms with Gasteiger partial charge in [0.2, 0.25) is 0 Å². The molecule has 0 bridgehead atoms. The SMILES string of the molecule is CCCC(F)C(=O)OC.Cl. The zero-order valence-corrected chi connectivity index (χ0v) is 6.91. The first-order valence-corrected chi connectivity index (χ1v) is 2.94. The minimum Gasteiger partial charge on any atom is -0.467 e. The van der Waals surface area contributed by atoms with Crippen LogP contribution < -0.4 is 0 Å². The highest BCUT2D eigenvalue weighted by molar-refractivity contribution is 5.85. The second-order valence-electron chi connectivity index (χ2n) is 1.78. The number of hydrogen-bond donors (Lipinski definition) is 0. The maximum Gasteiger partial charge on any atom is 0.340 e. The van der Waals surface area contributed by atoms with E-state index in [0.717, 1.165) is 0 Å². The zero-order valence-electron chi connectivity index (χ0n) is 6.09. The molecule has 0 spiro atoms. The van der Waals surface area contributed by atoms with Gasteiger partial charge in [-0.3, -0.25) is 0 Å². The minimum absolute atomic E-state index is 0. The van der Waals surface area contributed by atoms with Crippen LogP contribution in [0.2, 0.25) is 0 Å². The molecule has 0 radical (unpaired) electrons. The van der Waals surface area contributed by atoms with E-state index >= 15 is 0 Å². The summed E-state index contributed by atoms with van der Waals surface area (Å²) in [5.74, 6) is -0.767. The summed E-state index contributed by atoms with van der Waals surface area (Å²) in [6, 6.07) is 0. The van der Waals surface area contributed by atoms with E-state index in [1.165, 1.54) is 7.11 Å². The van der Waals surface area contributed by atoms with Gasteiger partial charge >= 0.3 is 5.97 Å². The largest absolute Gasteiger partial charge is 0.467 e. The first-order valence-electron chi connectivity index (χ1n) is 2.94. The van der Waals surface area contributed by atoms with Gasteiger partial charge in [0.05, 0.1) is 7.11 Å². The zero-order chi connectivity index (χ0) is 7.28. The third kappa shape index (κ3) is 4.56. The average molecular weight is 171 g/mol. The summed E-state index contributed by atoms with van der Waals surface area (Å²) >= 11 is 0. The first kappa shape index (κ1) is 12.4. The molecule has 62 valence electrons. The van der Waals surface area contributed by atoms with Gasteiger partial charge in [0, 0.05) is 0 Å². The van der Waals surface area contributed by atoms with Crippen LogP contribution >= 0.6 is 12.4 Å². The molecule has 0 aromatic carbocycles.